The number of hydroxylamine groups is 1. The molecule has 0 spiro atoms. The molecule has 0 N–H and O–H groups in total. The van der Waals surface area contributed by atoms with Gasteiger partial charge in [0.25, 0.3) is 5.71 Å². The van der Waals surface area contributed by atoms with Crippen molar-refractivity contribution in [1.82, 2.24) is 0 Å². The SMILES string of the molecule is CC1(C)C=CC(C#N)=[N+]1[O-]. The molecule has 0 radical (unpaired) electrons. The second kappa shape index (κ2) is 1.84. The zero-order valence-electron chi connectivity index (χ0n) is 5.96. The van der Waals surface area contributed by atoms with Gasteiger partial charge in [-0.2, -0.15) is 10.0 Å². The van der Waals surface area contributed by atoms with Crippen molar-refractivity contribution in [2.24, 2.45) is 0 Å². The molecule has 0 fully saturated rings. The van der Waals surface area contributed by atoms with Crippen LogP contribution in [0.15, 0.2) is 12.2 Å². The molecule has 0 aromatic carbocycles. The summed E-state index contributed by atoms with van der Waals surface area (Å²) in [4.78, 5) is 0. The molecule has 0 unspecified atom stereocenters. The van der Waals surface area contributed by atoms with Crippen molar-refractivity contribution >= 4 is 5.71 Å². The fourth-order valence-corrected chi connectivity index (χ4v) is 0.811. The molecule has 0 saturated heterocycles. The van der Waals surface area contributed by atoms with Crippen molar-refractivity contribution in [3.8, 4) is 6.07 Å². The zero-order chi connectivity index (χ0) is 7.78. The lowest BCUT2D eigenvalue weighted by atomic mass is 10.1. The molecular weight excluding hydrogens is 128 g/mol. The molecule has 3 heteroatoms. The third-order valence-corrected chi connectivity index (χ3v) is 1.51. The fraction of sp³-hybridized carbons (Fsp3) is 0.429. The molecule has 0 bridgehead atoms. The predicted octanol–water partition coefficient (Wildman–Crippen LogP) is 0.810. The molecule has 1 heterocycles. The minimum absolute atomic E-state index is 0.185. The van der Waals surface area contributed by atoms with Crippen LogP contribution < -0.4 is 0 Å². The van der Waals surface area contributed by atoms with Crippen molar-refractivity contribution < 1.29 is 4.74 Å². The highest BCUT2D eigenvalue weighted by Crippen LogP contribution is 2.15. The van der Waals surface area contributed by atoms with Crippen LogP contribution in [0.4, 0.5) is 0 Å². The number of allylic oxidation sites excluding steroid dienone is 1. The first-order chi connectivity index (χ1) is 4.58. The largest absolute Gasteiger partial charge is 0.622 e. The Balaban J connectivity index is 3.10. The number of nitrogens with zero attached hydrogens (tertiary/aromatic N) is 2. The van der Waals surface area contributed by atoms with Gasteiger partial charge in [-0.05, 0) is 6.08 Å². The molecule has 0 aromatic rings. The summed E-state index contributed by atoms with van der Waals surface area (Å²) >= 11 is 0. The topological polar surface area (TPSA) is 49.9 Å². The van der Waals surface area contributed by atoms with Crippen LogP contribution in [0, 0.1) is 16.5 Å². The fourth-order valence-electron chi connectivity index (χ4n) is 0.811. The van der Waals surface area contributed by atoms with Gasteiger partial charge in [0.05, 0.1) is 0 Å². The lowest BCUT2D eigenvalue weighted by Crippen LogP contribution is -2.28. The van der Waals surface area contributed by atoms with Crippen LogP contribution in [-0.4, -0.2) is 16.0 Å². The van der Waals surface area contributed by atoms with E-state index < -0.39 is 5.54 Å². The summed E-state index contributed by atoms with van der Waals surface area (Å²) in [5.41, 5.74) is -0.351. The van der Waals surface area contributed by atoms with Gasteiger partial charge in [-0.15, -0.1) is 0 Å². The van der Waals surface area contributed by atoms with Gasteiger partial charge in [0, 0.05) is 19.9 Å². The minimum atomic E-state index is -0.537. The van der Waals surface area contributed by atoms with E-state index in [1.165, 1.54) is 0 Å². The third-order valence-electron chi connectivity index (χ3n) is 1.51. The van der Waals surface area contributed by atoms with Crippen LogP contribution in [0.5, 0.6) is 0 Å². The van der Waals surface area contributed by atoms with Gasteiger partial charge >= 0.3 is 0 Å². The standard InChI is InChI=1S/C7H8N2O/c1-7(2)4-3-6(5-8)9(7)10/h3-4H,1-2H3. The molecule has 1 rings (SSSR count). The second-order valence-electron chi connectivity index (χ2n) is 2.78. The summed E-state index contributed by atoms with van der Waals surface area (Å²) < 4.78 is 0.715. The average Bonchev–Trinajstić information content (AvgIpc) is 2.10. The molecule has 52 valence electrons. The quantitative estimate of drug-likeness (QED) is 0.365. The smallest absolute Gasteiger partial charge is 0.289 e. The first kappa shape index (κ1) is 6.81. The molecule has 1 aliphatic rings. The number of hydrogen-bond acceptors (Lipinski definition) is 2. The van der Waals surface area contributed by atoms with E-state index in [1.807, 2.05) is 6.07 Å². The van der Waals surface area contributed by atoms with E-state index in [-0.39, 0.29) is 5.71 Å². The summed E-state index contributed by atoms with van der Waals surface area (Å²) in [6.07, 6.45) is 3.27. The predicted molar refractivity (Wildman–Crippen MR) is 37.5 cm³/mol. The van der Waals surface area contributed by atoms with Crippen molar-refractivity contribution in [3.63, 3.8) is 0 Å². The zero-order valence-corrected chi connectivity index (χ0v) is 5.96. The van der Waals surface area contributed by atoms with Gasteiger partial charge in [-0.3, -0.25) is 0 Å². The molecule has 0 saturated carbocycles. The van der Waals surface area contributed by atoms with E-state index in [0.29, 0.717) is 4.74 Å². The molecule has 0 aromatic heterocycles. The number of nitriles is 1. The van der Waals surface area contributed by atoms with Crippen LogP contribution in [0.3, 0.4) is 0 Å². The highest BCUT2D eigenvalue weighted by molar-refractivity contribution is 6.04. The highest BCUT2D eigenvalue weighted by atomic mass is 16.5. The summed E-state index contributed by atoms with van der Waals surface area (Å²) in [5, 5.41) is 19.4. The summed E-state index contributed by atoms with van der Waals surface area (Å²) in [7, 11) is 0. The first-order valence-electron chi connectivity index (χ1n) is 3.01. The molecule has 0 aliphatic carbocycles. The van der Waals surface area contributed by atoms with Crippen LogP contribution in [0.1, 0.15) is 13.8 Å². The Morgan fingerprint density at radius 1 is 1.70 bits per heavy atom. The second-order valence-corrected chi connectivity index (χ2v) is 2.78. The average molecular weight is 136 g/mol. The minimum Gasteiger partial charge on any atom is -0.622 e. The lowest BCUT2D eigenvalue weighted by molar-refractivity contribution is -0.519. The van der Waals surface area contributed by atoms with E-state index in [2.05, 4.69) is 0 Å². The van der Waals surface area contributed by atoms with E-state index in [0.717, 1.165) is 0 Å². The van der Waals surface area contributed by atoms with E-state index in [4.69, 9.17) is 5.26 Å². The first-order valence-corrected chi connectivity index (χ1v) is 3.01. The van der Waals surface area contributed by atoms with Gasteiger partial charge in [-0.25, -0.2) is 0 Å². The molecule has 0 amide bonds. The van der Waals surface area contributed by atoms with Crippen molar-refractivity contribution in [2.45, 2.75) is 19.4 Å². The van der Waals surface area contributed by atoms with E-state index in [1.54, 1.807) is 26.0 Å². The Labute approximate surface area is 59.5 Å². The number of hydrogen-bond donors (Lipinski definition) is 0. The summed E-state index contributed by atoms with van der Waals surface area (Å²) in [5.74, 6) is 0. The van der Waals surface area contributed by atoms with Gasteiger partial charge in [0.2, 0.25) is 0 Å². The van der Waals surface area contributed by atoms with Crippen LogP contribution in [0.25, 0.3) is 0 Å². The molecule has 10 heavy (non-hydrogen) atoms. The Hall–Kier alpha value is -1.30. The van der Waals surface area contributed by atoms with Crippen LogP contribution >= 0.6 is 0 Å². The van der Waals surface area contributed by atoms with Crippen molar-refractivity contribution in [1.29, 1.82) is 5.26 Å². The van der Waals surface area contributed by atoms with E-state index in [9.17, 15) is 5.21 Å². The lowest BCUT2D eigenvalue weighted by Gasteiger charge is -2.15. The van der Waals surface area contributed by atoms with Crippen LogP contribution in [0.2, 0.25) is 0 Å². The van der Waals surface area contributed by atoms with Gasteiger partial charge < -0.3 is 5.21 Å². The van der Waals surface area contributed by atoms with Gasteiger partial charge in [-0.1, -0.05) is 0 Å². The number of rotatable bonds is 0. The maximum atomic E-state index is 11.1. The van der Waals surface area contributed by atoms with Crippen LogP contribution in [-0.2, 0) is 0 Å². The Kier molecular flexibility index (Phi) is 1.26. The summed E-state index contributed by atoms with van der Waals surface area (Å²) in [6.45, 7) is 3.53. The molecule has 0 atom stereocenters. The maximum Gasteiger partial charge on any atom is 0.289 e. The van der Waals surface area contributed by atoms with Gasteiger partial charge in [0.15, 0.2) is 11.6 Å². The summed E-state index contributed by atoms with van der Waals surface area (Å²) in [6, 6.07) is 1.81. The Morgan fingerprint density at radius 2 is 2.30 bits per heavy atom. The normalized spacial score (nSPS) is 21.3. The Morgan fingerprint density at radius 3 is 2.50 bits per heavy atom. The monoisotopic (exact) mass is 136 g/mol. The molecule has 3 nitrogen and oxygen atoms in total. The third kappa shape index (κ3) is 0.781. The Bertz CT molecular complexity index is 255. The maximum absolute atomic E-state index is 11.1. The van der Waals surface area contributed by atoms with E-state index >= 15 is 0 Å². The van der Waals surface area contributed by atoms with Gasteiger partial charge in [0.1, 0.15) is 0 Å². The molecule has 1 aliphatic heterocycles. The van der Waals surface area contributed by atoms with Crippen molar-refractivity contribution in [3.05, 3.63) is 17.4 Å². The molecular formula is C7H8N2O. The highest BCUT2D eigenvalue weighted by Gasteiger charge is 2.30. The van der Waals surface area contributed by atoms with Crippen molar-refractivity contribution in [2.75, 3.05) is 0 Å².